The highest BCUT2D eigenvalue weighted by molar-refractivity contribution is 7.99. The van der Waals surface area contributed by atoms with Gasteiger partial charge in [-0.15, -0.1) is 0 Å². The van der Waals surface area contributed by atoms with Crippen LogP contribution < -0.4 is 5.32 Å². The first-order valence-electron chi connectivity index (χ1n) is 10.8. The van der Waals surface area contributed by atoms with Crippen molar-refractivity contribution in [1.29, 1.82) is 0 Å². The molecule has 2 aromatic rings. The Bertz CT molecular complexity index is 1040. The third-order valence-electron chi connectivity index (χ3n) is 5.74. The molecular weight excluding hydrogens is 405 g/mol. The normalized spacial score (nSPS) is 17.4. The summed E-state index contributed by atoms with van der Waals surface area (Å²) in [6.07, 6.45) is 6.05. The Morgan fingerprint density at radius 1 is 1.10 bits per heavy atom. The molecule has 1 aliphatic carbocycles. The maximum atomic E-state index is 14.0. The molecule has 2 nitrogen and oxygen atoms in total. The van der Waals surface area contributed by atoms with Gasteiger partial charge in [0.2, 0.25) is 0 Å². The summed E-state index contributed by atoms with van der Waals surface area (Å²) in [6, 6.07) is 17.0. The van der Waals surface area contributed by atoms with Crippen LogP contribution in [0.4, 0.5) is 10.1 Å². The zero-order valence-electron chi connectivity index (χ0n) is 18.5. The van der Waals surface area contributed by atoms with Gasteiger partial charge in [-0.2, -0.15) is 11.8 Å². The Balaban J connectivity index is 1.56. The van der Waals surface area contributed by atoms with Crippen LogP contribution in [-0.4, -0.2) is 24.2 Å². The number of fused-ring (bicyclic) bond motifs is 1. The van der Waals surface area contributed by atoms with Crippen molar-refractivity contribution >= 4 is 28.6 Å². The second kappa shape index (κ2) is 9.35. The number of benzene rings is 2. The summed E-state index contributed by atoms with van der Waals surface area (Å²) in [6.45, 7) is 4.40. The lowest BCUT2D eigenvalue weighted by Crippen LogP contribution is -2.32. The molecule has 0 amide bonds. The van der Waals surface area contributed by atoms with E-state index in [1.54, 1.807) is 13.2 Å². The van der Waals surface area contributed by atoms with Crippen molar-refractivity contribution < 1.29 is 9.13 Å². The van der Waals surface area contributed by atoms with Gasteiger partial charge in [0.05, 0.1) is 12.6 Å². The van der Waals surface area contributed by atoms with Crippen LogP contribution in [0.25, 0.3) is 11.1 Å². The number of ether oxygens (including phenoxy) is 1. The van der Waals surface area contributed by atoms with E-state index >= 15 is 0 Å². The van der Waals surface area contributed by atoms with Crippen molar-refractivity contribution in [2.45, 2.75) is 38.6 Å². The number of nitrogens with one attached hydrogen (secondary N) is 1. The van der Waals surface area contributed by atoms with Gasteiger partial charge >= 0.3 is 0 Å². The molecule has 0 saturated heterocycles. The van der Waals surface area contributed by atoms with E-state index in [9.17, 15) is 4.39 Å². The van der Waals surface area contributed by atoms with Crippen LogP contribution in [-0.2, 0) is 11.2 Å². The Morgan fingerprint density at radius 3 is 2.68 bits per heavy atom. The molecule has 0 atom stereocenters. The topological polar surface area (TPSA) is 21.3 Å². The molecule has 1 aliphatic heterocycles. The molecule has 0 radical (unpaired) electrons. The maximum Gasteiger partial charge on any atom is 0.104 e. The lowest BCUT2D eigenvalue weighted by molar-refractivity contribution is 0.275. The predicted octanol–water partition coefficient (Wildman–Crippen LogP) is 7.25. The van der Waals surface area contributed by atoms with E-state index in [0.29, 0.717) is 12.8 Å². The van der Waals surface area contributed by atoms with Gasteiger partial charge in [0.1, 0.15) is 11.6 Å². The number of allylic oxidation sites excluding steroid dienone is 4. The fourth-order valence-corrected chi connectivity index (χ4v) is 5.24. The summed E-state index contributed by atoms with van der Waals surface area (Å²) in [4.78, 5) is 0. The van der Waals surface area contributed by atoms with E-state index in [1.807, 2.05) is 11.8 Å². The van der Waals surface area contributed by atoms with E-state index in [2.05, 4.69) is 73.8 Å². The van der Waals surface area contributed by atoms with Gasteiger partial charge in [-0.25, -0.2) is 4.39 Å². The summed E-state index contributed by atoms with van der Waals surface area (Å²) in [5.74, 6) is 2.81. The van der Waals surface area contributed by atoms with Gasteiger partial charge in [-0.3, -0.25) is 0 Å². The van der Waals surface area contributed by atoms with Gasteiger partial charge in [0.15, 0.2) is 0 Å². The van der Waals surface area contributed by atoms with E-state index < -0.39 is 0 Å². The minimum Gasteiger partial charge on any atom is -0.500 e. The highest BCUT2D eigenvalue weighted by Crippen LogP contribution is 2.39. The minimum absolute atomic E-state index is 0.0833. The monoisotopic (exact) mass is 435 g/mol. The third kappa shape index (κ3) is 5.24. The highest BCUT2D eigenvalue weighted by atomic mass is 32.2. The van der Waals surface area contributed by atoms with Crippen molar-refractivity contribution in [2.24, 2.45) is 0 Å². The summed E-state index contributed by atoms with van der Waals surface area (Å²) >= 11 is 1.96. The maximum absolute atomic E-state index is 14.0. The number of halogens is 1. The lowest BCUT2D eigenvalue weighted by Gasteiger charge is -2.33. The highest BCUT2D eigenvalue weighted by Gasteiger charge is 2.25. The fourth-order valence-electron chi connectivity index (χ4n) is 4.25. The number of aryl methyl sites for hydroxylation is 1. The molecule has 1 heterocycles. The first kappa shape index (κ1) is 21.8. The van der Waals surface area contributed by atoms with Gasteiger partial charge in [0.25, 0.3) is 0 Å². The van der Waals surface area contributed by atoms with E-state index in [1.165, 1.54) is 16.7 Å². The second-order valence-corrected chi connectivity index (χ2v) is 9.80. The van der Waals surface area contributed by atoms with Crippen LogP contribution >= 0.6 is 11.8 Å². The molecule has 0 unspecified atom stereocenters. The van der Waals surface area contributed by atoms with E-state index in [-0.39, 0.29) is 11.4 Å². The summed E-state index contributed by atoms with van der Waals surface area (Å²) < 4.78 is 19.6. The number of hydrogen-bond acceptors (Lipinski definition) is 3. The zero-order valence-corrected chi connectivity index (χ0v) is 19.3. The Hall–Kier alpha value is -2.46. The predicted molar refractivity (Wildman–Crippen MR) is 132 cm³/mol. The average molecular weight is 436 g/mol. The van der Waals surface area contributed by atoms with Crippen LogP contribution in [0, 0.1) is 0 Å². The Labute approximate surface area is 189 Å². The second-order valence-electron chi connectivity index (χ2n) is 8.70. The van der Waals surface area contributed by atoms with Crippen LogP contribution in [0.3, 0.4) is 0 Å². The van der Waals surface area contributed by atoms with Gasteiger partial charge in [-0.1, -0.05) is 42.5 Å². The summed E-state index contributed by atoms with van der Waals surface area (Å²) in [5, 5.41) is 3.62. The SMILES string of the molecule is COC1=C(c2ccc3c(c2)C(CSCCc2ccccc2)=CC(C)(C)N3)C=C(F)CC1. The zero-order chi connectivity index (χ0) is 21.8. The van der Waals surface area contributed by atoms with Crippen LogP contribution in [0.1, 0.15) is 43.4 Å². The van der Waals surface area contributed by atoms with Crippen LogP contribution in [0.5, 0.6) is 0 Å². The Kier molecular flexibility index (Phi) is 6.57. The van der Waals surface area contributed by atoms with Gasteiger partial charge in [0, 0.05) is 35.4 Å². The van der Waals surface area contributed by atoms with Crippen molar-refractivity contribution in [3.8, 4) is 0 Å². The number of anilines is 1. The lowest BCUT2D eigenvalue weighted by atomic mass is 9.88. The molecule has 162 valence electrons. The molecule has 0 aromatic heterocycles. The molecule has 0 fully saturated rings. The van der Waals surface area contributed by atoms with Gasteiger partial charge in [-0.05, 0) is 60.9 Å². The molecule has 0 bridgehead atoms. The van der Waals surface area contributed by atoms with Crippen LogP contribution in [0.2, 0.25) is 0 Å². The smallest absolute Gasteiger partial charge is 0.104 e. The summed E-state index contributed by atoms with van der Waals surface area (Å²) in [5.41, 5.74) is 6.81. The quantitative estimate of drug-likeness (QED) is 0.463. The first-order valence-corrected chi connectivity index (χ1v) is 12.0. The molecule has 4 rings (SSSR count). The van der Waals surface area contributed by atoms with Crippen molar-refractivity contribution in [3.05, 3.63) is 89.0 Å². The molecule has 0 spiro atoms. The molecule has 4 heteroatoms. The molecule has 1 N–H and O–H groups in total. The van der Waals surface area contributed by atoms with E-state index in [0.717, 1.165) is 40.5 Å². The standard InChI is InChI=1S/C27H30FNOS/c1-27(2)17-21(18-31-14-13-19-7-5-4-6-8-19)23-15-20(9-11-25(23)29-27)24-16-22(28)10-12-26(24)30-3/h4-9,11,15-17,29H,10,12-14,18H2,1-3H3. The van der Waals surface area contributed by atoms with Crippen molar-refractivity contribution in [1.82, 2.24) is 0 Å². The average Bonchev–Trinajstić information content (AvgIpc) is 2.76. The first-order chi connectivity index (χ1) is 14.9. The van der Waals surface area contributed by atoms with Crippen molar-refractivity contribution in [2.75, 3.05) is 23.9 Å². The number of methoxy groups -OCH3 is 1. The van der Waals surface area contributed by atoms with Crippen molar-refractivity contribution in [3.63, 3.8) is 0 Å². The third-order valence-corrected chi connectivity index (χ3v) is 6.75. The number of rotatable bonds is 7. The molecule has 2 aliphatic rings. The summed E-state index contributed by atoms with van der Waals surface area (Å²) in [7, 11) is 1.67. The minimum atomic E-state index is -0.0996. The van der Waals surface area contributed by atoms with E-state index in [4.69, 9.17) is 4.74 Å². The number of hydrogen-bond donors (Lipinski definition) is 1. The van der Waals surface area contributed by atoms with Crippen LogP contribution in [0.15, 0.2) is 72.3 Å². The molecule has 0 saturated carbocycles. The molecule has 31 heavy (non-hydrogen) atoms. The van der Waals surface area contributed by atoms with Gasteiger partial charge < -0.3 is 10.1 Å². The molecular formula is C27H30FNOS. The Morgan fingerprint density at radius 2 is 1.90 bits per heavy atom. The molecule has 2 aromatic carbocycles. The fraction of sp³-hybridized carbons (Fsp3) is 0.333. The number of thioether (sulfide) groups is 1. The largest absolute Gasteiger partial charge is 0.500 e.